The number of esters is 1. The maximum Gasteiger partial charge on any atom is 1.00 e. The second kappa shape index (κ2) is 15.7. The fraction of sp³-hybridized carbons (Fsp3) is 0.296. The normalized spacial score (nSPS) is 11.8. The van der Waals surface area contributed by atoms with E-state index in [2.05, 4.69) is 20.8 Å². The molecule has 1 saturated heterocycles. The van der Waals surface area contributed by atoms with Crippen molar-refractivity contribution >= 4 is 45.1 Å². The number of carbonyl (C=O) groups excluding carboxylic acids is 1. The van der Waals surface area contributed by atoms with Crippen molar-refractivity contribution in [1.82, 2.24) is 9.97 Å². The number of rotatable bonds is 2. The van der Waals surface area contributed by atoms with Gasteiger partial charge in [-0.3, -0.25) is 9.97 Å². The van der Waals surface area contributed by atoms with Crippen LogP contribution in [0.2, 0.25) is 0 Å². The zero-order valence-electron chi connectivity index (χ0n) is 21.4. The van der Waals surface area contributed by atoms with Crippen LogP contribution in [0.25, 0.3) is 21.8 Å². The monoisotopic (exact) mass is 484 g/mol. The molecular weight excluding hydrogens is 450 g/mol. The first-order chi connectivity index (χ1) is 16.0. The number of aliphatic hydroxyl groups is 1. The van der Waals surface area contributed by atoms with Crippen molar-refractivity contribution in [2.75, 3.05) is 20.3 Å². The van der Waals surface area contributed by atoms with E-state index in [0.717, 1.165) is 51.7 Å². The van der Waals surface area contributed by atoms with Crippen molar-refractivity contribution in [2.45, 2.75) is 33.3 Å². The fourth-order valence-electron chi connectivity index (χ4n) is 3.39. The molecule has 4 aromatic rings. The first-order valence-electron chi connectivity index (χ1n) is 11.0. The third-order valence-electron chi connectivity index (χ3n) is 5.13. The molecule has 3 heterocycles. The number of aromatic nitrogens is 2. The molecule has 0 spiro atoms. The second-order valence-electron chi connectivity index (χ2n) is 7.93. The van der Waals surface area contributed by atoms with E-state index in [1.54, 1.807) is 18.3 Å². The summed E-state index contributed by atoms with van der Waals surface area (Å²) in [7, 11) is 1.38. The average molecular weight is 485 g/mol. The fourth-order valence-corrected chi connectivity index (χ4v) is 3.39. The maximum atomic E-state index is 11.3. The number of pyridine rings is 2. The summed E-state index contributed by atoms with van der Waals surface area (Å²) < 4.78 is 9.60. The van der Waals surface area contributed by atoms with Gasteiger partial charge in [0.2, 0.25) is 0 Å². The molecule has 2 aromatic heterocycles. The van der Waals surface area contributed by atoms with Gasteiger partial charge in [0.1, 0.15) is 0 Å². The van der Waals surface area contributed by atoms with Gasteiger partial charge < -0.3 is 16.0 Å². The quantitative estimate of drug-likeness (QED) is 0.339. The minimum absolute atomic E-state index is 0. The van der Waals surface area contributed by atoms with Crippen LogP contribution in [0.4, 0.5) is 0 Å². The molecule has 1 aliphatic heterocycles. The number of aryl methyl sites for hydroxylation is 2. The van der Waals surface area contributed by atoms with Gasteiger partial charge in [-0.25, -0.2) is 4.79 Å². The largest absolute Gasteiger partial charge is 1.00 e. The number of hydrogen-bond acceptors (Lipinski definition) is 6. The minimum Gasteiger partial charge on any atom is -1.00 e. The van der Waals surface area contributed by atoms with Crippen molar-refractivity contribution in [3.05, 3.63) is 83.2 Å². The maximum absolute atomic E-state index is 11.3. The summed E-state index contributed by atoms with van der Waals surface area (Å²) in [5.41, 5.74) is 5.56. The summed E-state index contributed by atoms with van der Waals surface area (Å²) >= 11 is 0. The van der Waals surface area contributed by atoms with Crippen LogP contribution in [0.15, 0.2) is 60.9 Å². The predicted molar refractivity (Wildman–Crippen MR) is 141 cm³/mol. The standard InChI is InChI=1S/C12H11NO2.C11H11NO.C4H8O.Al.Li.4H/c1-8-5-10-6-9(12(14)15-2)3-4-11(10)13-7-8;1-8-4-10-5-9(7-13)2-3-11(10)12-6-8;1-2-4-5-3-1;;;;;;/h3-7H,1-2H3;2-6,13H,7H2,1H3;1-4H2;;;;;;/q;;;;+1;;;;-1. The third-order valence-corrected chi connectivity index (χ3v) is 5.13. The Morgan fingerprint density at radius 2 is 1.49 bits per heavy atom. The summed E-state index contributed by atoms with van der Waals surface area (Å²) in [5, 5.41) is 11.0. The number of nitrogens with zero attached hydrogens (tertiary/aromatic N) is 2. The molecule has 0 unspecified atom stereocenters. The molecule has 0 bridgehead atoms. The summed E-state index contributed by atoms with van der Waals surface area (Å²) in [4.78, 5) is 19.8. The summed E-state index contributed by atoms with van der Waals surface area (Å²) in [6, 6.07) is 15.2. The molecule has 1 aliphatic rings. The van der Waals surface area contributed by atoms with Crippen LogP contribution in [0.3, 0.4) is 0 Å². The summed E-state index contributed by atoms with van der Waals surface area (Å²) in [5.74, 6) is -0.321. The Balaban J connectivity index is 0.000000536. The van der Waals surface area contributed by atoms with E-state index in [1.165, 1.54) is 20.0 Å². The van der Waals surface area contributed by atoms with E-state index in [4.69, 9.17) is 9.84 Å². The van der Waals surface area contributed by atoms with Gasteiger partial charge in [-0.1, -0.05) is 6.07 Å². The van der Waals surface area contributed by atoms with Crippen LogP contribution >= 0.6 is 0 Å². The van der Waals surface area contributed by atoms with Crippen molar-refractivity contribution in [2.24, 2.45) is 0 Å². The molecule has 0 radical (unpaired) electrons. The zero-order chi connectivity index (χ0) is 23.6. The van der Waals surface area contributed by atoms with E-state index >= 15 is 0 Å². The van der Waals surface area contributed by atoms with E-state index in [0.29, 0.717) is 5.56 Å². The number of benzene rings is 2. The Labute approximate surface area is 230 Å². The van der Waals surface area contributed by atoms with Crippen molar-refractivity contribution in [3.63, 3.8) is 0 Å². The smallest absolute Gasteiger partial charge is 1.00 e. The van der Waals surface area contributed by atoms with Gasteiger partial charge in [-0.2, -0.15) is 0 Å². The molecule has 0 amide bonds. The van der Waals surface area contributed by atoms with E-state index in [1.807, 2.05) is 50.4 Å². The average Bonchev–Trinajstić information content (AvgIpc) is 3.43. The molecule has 0 aliphatic carbocycles. The molecule has 180 valence electrons. The molecule has 5 rings (SSSR count). The first kappa shape index (κ1) is 30.8. The van der Waals surface area contributed by atoms with E-state index in [9.17, 15) is 4.79 Å². The van der Waals surface area contributed by atoms with Crippen LogP contribution in [-0.4, -0.2) is 58.7 Å². The Morgan fingerprint density at radius 1 is 0.943 bits per heavy atom. The number of ether oxygens (including phenoxy) is 2. The Bertz CT molecular complexity index is 1230. The van der Waals surface area contributed by atoms with Crippen LogP contribution in [0.1, 0.15) is 41.3 Å². The topological polar surface area (TPSA) is 81.5 Å². The first-order valence-corrected chi connectivity index (χ1v) is 11.0. The molecular formula is C27H34AlLiN2O4. The Kier molecular flexibility index (Phi) is 13.8. The van der Waals surface area contributed by atoms with Crippen molar-refractivity contribution < 1.29 is 39.7 Å². The van der Waals surface area contributed by atoms with E-state index in [-0.39, 0.29) is 50.2 Å². The summed E-state index contributed by atoms with van der Waals surface area (Å²) in [6.45, 7) is 6.07. The van der Waals surface area contributed by atoms with Gasteiger partial charge in [0.25, 0.3) is 0 Å². The van der Waals surface area contributed by atoms with Gasteiger partial charge in [0.15, 0.2) is 17.4 Å². The van der Waals surface area contributed by atoms with Crippen molar-refractivity contribution in [3.8, 4) is 0 Å². The van der Waals surface area contributed by atoms with Crippen LogP contribution < -0.4 is 18.9 Å². The van der Waals surface area contributed by atoms with Crippen molar-refractivity contribution in [1.29, 1.82) is 0 Å². The number of methoxy groups -OCH3 is 1. The number of aliphatic hydroxyl groups excluding tert-OH is 1. The van der Waals surface area contributed by atoms with Gasteiger partial charge in [-0.05, 0) is 85.8 Å². The SMILES string of the molecule is C1CCOC1.COC(=O)c1ccc2ncc(C)cc2c1.Cc1cnc2ccc(CO)cc2c1.[AlH3].[H-].[Li+]. The number of fused-ring (bicyclic) bond motifs is 2. The number of carbonyl (C=O) groups is 1. The van der Waals surface area contributed by atoms with Crippen LogP contribution in [0.5, 0.6) is 0 Å². The molecule has 0 saturated carbocycles. The molecule has 2 aromatic carbocycles. The van der Waals surface area contributed by atoms with Crippen LogP contribution in [0, 0.1) is 13.8 Å². The Morgan fingerprint density at radius 3 is 1.97 bits per heavy atom. The van der Waals surface area contributed by atoms with Crippen LogP contribution in [-0.2, 0) is 16.1 Å². The Hall–Kier alpha value is -2.22. The molecule has 1 N–H and O–H groups in total. The zero-order valence-corrected chi connectivity index (χ0v) is 20.4. The second-order valence-corrected chi connectivity index (χ2v) is 7.93. The minimum atomic E-state index is -0.321. The van der Waals surface area contributed by atoms with E-state index < -0.39 is 0 Å². The molecule has 8 heteroatoms. The van der Waals surface area contributed by atoms with Gasteiger partial charge in [0, 0.05) is 36.4 Å². The molecule has 0 atom stereocenters. The molecule has 1 fully saturated rings. The van der Waals surface area contributed by atoms with Gasteiger partial charge in [0.05, 0.1) is 30.3 Å². The van der Waals surface area contributed by atoms with Gasteiger partial charge in [-0.15, -0.1) is 0 Å². The predicted octanol–water partition coefficient (Wildman–Crippen LogP) is 1.09. The number of hydrogen-bond donors (Lipinski definition) is 1. The molecule has 35 heavy (non-hydrogen) atoms. The van der Waals surface area contributed by atoms with Gasteiger partial charge >= 0.3 is 24.8 Å². The third kappa shape index (κ3) is 9.39. The molecule has 6 nitrogen and oxygen atoms in total. The summed E-state index contributed by atoms with van der Waals surface area (Å²) in [6.07, 6.45) is 6.21.